The first-order valence-corrected chi connectivity index (χ1v) is 7.87. The maximum absolute atomic E-state index is 12.6. The van der Waals surface area contributed by atoms with Crippen LogP contribution in [0.3, 0.4) is 0 Å². The Morgan fingerprint density at radius 2 is 1.76 bits per heavy atom. The second-order valence-electron chi connectivity index (χ2n) is 5.08. The van der Waals surface area contributed by atoms with Gasteiger partial charge < -0.3 is 10.6 Å². The van der Waals surface area contributed by atoms with Crippen molar-refractivity contribution in [1.82, 2.24) is 0 Å². The summed E-state index contributed by atoms with van der Waals surface area (Å²) in [6.45, 7) is 0.243. The van der Waals surface area contributed by atoms with Gasteiger partial charge in [-0.1, -0.05) is 0 Å². The fourth-order valence-electron chi connectivity index (χ4n) is 2.47. The molecule has 1 aromatic carbocycles. The molecule has 4 N–H and O–H groups in total. The predicted molar refractivity (Wildman–Crippen MR) is 73.2 cm³/mol. The first-order chi connectivity index (χ1) is 9.59. The van der Waals surface area contributed by atoms with E-state index < -0.39 is 22.1 Å². The molecule has 0 aromatic heterocycles. The van der Waals surface area contributed by atoms with E-state index in [-0.39, 0.29) is 36.5 Å². The average Bonchev–Trinajstić information content (AvgIpc) is 2.37. The zero-order valence-electron chi connectivity index (χ0n) is 11.1. The van der Waals surface area contributed by atoms with Crippen LogP contribution < -0.4 is 15.8 Å². The summed E-state index contributed by atoms with van der Waals surface area (Å²) < 4.78 is 61.1. The molecule has 0 amide bonds. The molecule has 0 aliphatic carbocycles. The van der Waals surface area contributed by atoms with E-state index in [9.17, 15) is 21.6 Å². The molecule has 1 saturated heterocycles. The number of rotatable bonds is 2. The van der Waals surface area contributed by atoms with E-state index in [1.807, 2.05) is 0 Å². The van der Waals surface area contributed by atoms with Crippen molar-refractivity contribution in [2.45, 2.75) is 23.9 Å². The number of nitrogens with two attached hydrogens (primary N) is 2. The van der Waals surface area contributed by atoms with Crippen LogP contribution >= 0.6 is 0 Å². The Hall–Kier alpha value is -1.48. The predicted octanol–water partition coefficient (Wildman–Crippen LogP) is 1.69. The fourth-order valence-corrected chi connectivity index (χ4v) is 3.26. The average molecular weight is 323 g/mol. The lowest BCUT2D eigenvalue weighted by atomic mass is 9.96. The van der Waals surface area contributed by atoms with Gasteiger partial charge in [0.25, 0.3) is 0 Å². The van der Waals surface area contributed by atoms with E-state index in [0.29, 0.717) is 5.69 Å². The molecular weight excluding hydrogens is 307 g/mol. The summed E-state index contributed by atoms with van der Waals surface area (Å²) in [4.78, 5) is 1.44. The smallest absolute Gasteiger partial charge is 0.391 e. The van der Waals surface area contributed by atoms with E-state index >= 15 is 0 Å². The summed E-state index contributed by atoms with van der Waals surface area (Å²) >= 11 is 0. The van der Waals surface area contributed by atoms with Crippen molar-refractivity contribution in [3.8, 4) is 0 Å². The number of nitrogen functional groups attached to an aromatic ring is 1. The molecule has 0 saturated carbocycles. The molecule has 0 atom stereocenters. The Labute approximate surface area is 120 Å². The van der Waals surface area contributed by atoms with Gasteiger partial charge in [-0.2, -0.15) is 13.2 Å². The van der Waals surface area contributed by atoms with Gasteiger partial charge in [0.2, 0.25) is 10.0 Å². The lowest BCUT2D eigenvalue weighted by molar-refractivity contribution is -0.179. The summed E-state index contributed by atoms with van der Waals surface area (Å²) in [5.74, 6) is -1.35. The van der Waals surface area contributed by atoms with Crippen molar-refractivity contribution in [2.75, 3.05) is 23.7 Å². The Morgan fingerprint density at radius 3 is 2.24 bits per heavy atom. The normalized spacial score (nSPS) is 18.0. The molecule has 1 heterocycles. The largest absolute Gasteiger partial charge is 0.399 e. The van der Waals surface area contributed by atoms with E-state index in [1.54, 1.807) is 4.90 Å². The van der Waals surface area contributed by atoms with Crippen LogP contribution in [-0.2, 0) is 10.0 Å². The van der Waals surface area contributed by atoms with Crippen LogP contribution in [0.25, 0.3) is 0 Å². The van der Waals surface area contributed by atoms with E-state index in [4.69, 9.17) is 10.9 Å². The zero-order chi connectivity index (χ0) is 15.8. The topological polar surface area (TPSA) is 89.4 Å². The maximum atomic E-state index is 12.6. The Kier molecular flexibility index (Phi) is 4.07. The van der Waals surface area contributed by atoms with Crippen LogP contribution in [0.5, 0.6) is 0 Å². The third kappa shape index (κ3) is 3.59. The van der Waals surface area contributed by atoms with Gasteiger partial charge in [0.05, 0.1) is 11.6 Å². The maximum Gasteiger partial charge on any atom is 0.391 e. The number of halogens is 3. The number of piperidine rings is 1. The summed E-state index contributed by atoms with van der Waals surface area (Å²) in [5, 5.41) is 5.14. The number of hydrogen-bond acceptors (Lipinski definition) is 4. The highest BCUT2D eigenvalue weighted by atomic mass is 32.2. The van der Waals surface area contributed by atoms with Crippen LogP contribution in [0.15, 0.2) is 23.1 Å². The van der Waals surface area contributed by atoms with Crippen molar-refractivity contribution in [3.63, 3.8) is 0 Å². The van der Waals surface area contributed by atoms with Crippen LogP contribution in [0.1, 0.15) is 12.8 Å². The van der Waals surface area contributed by atoms with E-state index in [2.05, 4.69) is 0 Å². The fraction of sp³-hybridized carbons (Fsp3) is 0.500. The molecule has 2 rings (SSSR count). The molecule has 0 unspecified atom stereocenters. The van der Waals surface area contributed by atoms with Crippen LogP contribution in [-0.4, -0.2) is 27.7 Å². The van der Waals surface area contributed by atoms with Gasteiger partial charge in [-0.05, 0) is 31.0 Å². The molecule has 1 fully saturated rings. The van der Waals surface area contributed by atoms with Gasteiger partial charge in [-0.3, -0.25) is 0 Å². The standard InChI is InChI=1S/C12H16F3N3O2S/c13-12(14,15)8-3-5-18(6-4-8)10-2-1-9(16)7-11(10)21(17,19)20/h1-2,7-8H,3-6,16H2,(H2,17,19,20). The number of alkyl halides is 3. The highest BCUT2D eigenvalue weighted by Crippen LogP contribution is 2.36. The SMILES string of the molecule is Nc1ccc(N2CCC(C(F)(F)F)CC2)c(S(N)(=O)=O)c1. The van der Waals surface area contributed by atoms with Crippen molar-refractivity contribution < 1.29 is 21.6 Å². The molecular formula is C12H16F3N3O2S. The van der Waals surface area contributed by atoms with Crippen LogP contribution in [0.4, 0.5) is 24.5 Å². The van der Waals surface area contributed by atoms with Crippen molar-refractivity contribution >= 4 is 21.4 Å². The molecule has 9 heteroatoms. The number of primary sulfonamides is 1. The molecule has 0 radical (unpaired) electrons. The van der Waals surface area contributed by atoms with E-state index in [0.717, 1.165) is 0 Å². The lowest BCUT2D eigenvalue weighted by Gasteiger charge is -2.35. The molecule has 1 aliphatic rings. The van der Waals surface area contributed by atoms with Crippen LogP contribution in [0.2, 0.25) is 0 Å². The minimum Gasteiger partial charge on any atom is -0.399 e. The first-order valence-electron chi connectivity index (χ1n) is 6.33. The summed E-state index contributed by atoms with van der Waals surface area (Å²) in [7, 11) is -3.99. The van der Waals surface area contributed by atoms with Gasteiger partial charge in [0.15, 0.2) is 0 Å². The number of hydrogen-bond donors (Lipinski definition) is 2. The third-order valence-corrected chi connectivity index (χ3v) is 4.53. The van der Waals surface area contributed by atoms with Gasteiger partial charge in [0, 0.05) is 18.8 Å². The van der Waals surface area contributed by atoms with Gasteiger partial charge in [0.1, 0.15) is 4.90 Å². The molecule has 1 aliphatic heterocycles. The number of nitrogens with zero attached hydrogens (tertiary/aromatic N) is 1. The van der Waals surface area contributed by atoms with Crippen molar-refractivity contribution in [3.05, 3.63) is 18.2 Å². The lowest BCUT2D eigenvalue weighted by Crippen LogP contribution is -2.39. The summed E-state index contributed by atoms with van der Waals surface area (Å²) in [6, 6.07) is 4.20. The van der Waals surface area contributed by atoms with Crippen molar-refractivity contribution in [2.24, 2.45) is 11.1 Å². The van der Waals surface area contributed by atoms with Gasteiger partial charge in [-0.15, -0.1) is 0 Å². The Balaban J connectivity index is 2.25. The number of benzene rings is 1. The second kappa shape index (κ2) is 5.38. The molecule has 118 valence electrons. The quantitative estimate of drug-likeness (QED) is 0.811. The zero-order valence-corrected chi connectivity index (χ0v) is 11.9. The van der Waals surface area contributed by atoms with Crippen molar-refractivity contribution in [1.29, 1.82) is 0 Å². The van der Waals surface area contributed by atoms with Gasteiger partial charge >= 0.3 is 6.18 Å². The minimum absolute atomic E-state index is 0.0715. The Morgan fingerprint density at radius 1 is 1.19 bits per heavy atom. The highest BCUT2D eigenvalue weighted by molar-refractivity contribution is 7.89. The monoisotopic (exact) mass is 323 g/mol. The first kappa shape index (κ1) is 15.9. The summed E-state index contributed by atoms with van der Waals surface area (Å²) in [6.07, 6.45) is -4.36. The molecule has 21 heavy (non-hydrogen) atoms. The number of sulfonamides is 1. The second-order valence-corrected chi connectivity index (χ2v) is 6.60. The molecule has 1 aromatic rings. The number of anilines is 2. The molecule has 5 nitrogen and oxygen atoms in total. The highest BCUT2D eigenvalue weighted by Gasteiger charge is 2.41. The van der Waals surface area contributed by atoms with E-state index in [1.165, 1.54) is 18.2 Å². The summed E-state index contributed by atoms with van der Waals surface area (Å²) in [5.41, 5.74) is 6.07. The third-order valence-electron chi connectivity index (χ3n) is 3.59. The van der Waals surface area contributed by atoms with Gasteiger partial charge in [-0.25, -0.2) is 13.6 Å². The minimum atomic E-state index is -4.21. The molecule has 0 spiro atoms. The Bertz CT molecular complexity index is 623. The van der Waals surface area contributed by atoms with Crippen LogP contribution in [0, 0.1) is 5.92 Å². The molecule has 0 bridgehead atoms.